The van der Waals surface area contributed by atoms with Gasteiger partial charge >= 0.3 is 0 Å². The Morgan fingerprint density at radius 1 is 1.56 bits per heavy atom. The number of benzene rings is 1. The molecule has 1 heterocycles. The van der Waals surface area contributed by atoms with Crippen molar-refractivity contribution in [2.45, 2.75) is 13.3 Å². The van der Waals surface area contributed by atoms with Crippen molar-refractivity contribution in [2.75, 3.05) is 11.4 Å². The number of anilines is 1. The average Bonchev–Trinajstić information content (AvgIpc) is 2.71. The molecule has 0 aromatic heterocycles. The second kappa shape index (κ2) is 4.49. The summed E-state index contributed by atoms with van der Waals surface area (Å²) in [6.45, 7) is 2.13. The monoisotopic (exact) mass is 243 g/mol. The van der Waals surface area contributed by atoms with Gasteiger partial charge in [-0.15, -0.1) is 0 Å². The number of nitrogens with two attached hydrogens (primary N) is 1. The van der Waals surface area contributed by atoms with Gasteiger partial charge in [0.05, 0.1) is 17.6 Å². The standard InChI is InChI=1S/C13H13N3O2/c1-8-4-11(3-2-9(8)6-14)16-7-10(13(15)18)5-12(16)17/h2-4,10H,5,7H2,1H3,(H2,15,18). The smallest absolute Gasteiger partial charge is 0.227 e. The molecule has 0 radical (unpaired) electrons. The molecular formula is C13H13N3O2. The zero-order valence-corrected chi connectivity index (χ0v) is 10.0. The van der Waals surface area contributed by atoms with Crippen LogP contribution in [0, 0.1) is 24.2 Å². The number of amides is 2. The lowest BCUT2D eigenvalue weighted by atomic mass is 10.1. The Morgan fingerprint density at radius 3 is 2.78 bits per heavy atom. The van der Waals surface area contributed by atoms with E-state index in [1.165, 1.54) is 0 Å². The molecule has 0 saturated carbocycles. The SMILES string of the molecule is Cc1cc(N2CC(C(N)=O)CC2=O)ccc1C#N. The maximum absolute atomic E-state index is 11.8. The zero-order chi connectivity index (χ0) is 13.3. The van der Waals surface area contributed by atoms with Gasteiger partial charge in [-0.25, -0.2) is 0 Å². The molecule has 1 aromatic carbocycles. The van der Waals surface area contributed by atoms with Gasteiger partial charge in [-0.3, -0.25) is 9.59 Å². The summed E-state index contributed by atoms with van der Waals surface area (Å²) in [6.07, 6.45) is 0.161. The Balaban J connectivity index is 2.28. The molecular weight excluding hydrogens is 230 g/mol. The van der Waals surface area contributed by atoms with Crippen LogP contribution in [0.4, 0.5) is 5.69 Å². The third-order valence-electron chi connectivity index (χ3n) is 3.17. The van der Waals surface area contributed by atoms with Crippen molar-refractivity contribution in [3.63, 3.8) is 0 Å². The van der Waals surface area contributed by atoms with Crippen LogP contribution in [-0.4, -0.2) is 18.4 Å². The first-order valence-electron chi connectivity index (χ1n) is 5.63. The first kappa shape index (κ1) is 12.1. The summed E-state index contributed by atoms with van der Waals surface area (Å²) < 4.78 is 0. The highest BCUT2D eigenvalue weighted by atomic mass is 16.2. The fourth-order valence-corrected chi connectivity index (χ4v) is 2.09. The Labute approximate surface area is 105 Å². The quantitative estimate of drug-likeness (QED) is 0.829. The fourth-order valence-electron chi connectivity index (χ4n) is 2.09. The largest absolute Gasteiger partial charge is 0.369 e. The van der Waals surface area contributed by atoms with Crippen LogP contribution < -0.4 is 10.6 Å². The molecule has 1 atom stereocenters. The lowest BCUT2D eigenvalue weighted by Crippen LogP contribution is -2.28. The molecule has 2 N–H and O–H groups in total. The summed E-state index contributed by atoms with van der Waals surface area (Å²) in [7, 11) is 0. The Morgan fingerprint density at radius 2 is 2.28 bits per heavy atom. The van der Waals surface area contributed by atoms with Crippen molar-refractivity contribution in [2.24, 2.45) is 11.7 Å². The van der Waals surface area contributed by atoms with Crippen LogP contribution >= 0.6 is 0 Å². The van der Waals surface area contributed by atoms with E-state index in [0.29, 0.717) is 17.8 Å². The van der Waals surface area contributed by atoms with Gasteiger partial charge in [0.15, 0.2) is 0 Å². The number of hydrogen-bond donors (Lipinski definition) is 1. The second-order valence-electron chi connectivity index (χ2n) is 4.42. The third-order valence-corrected chi connectivity index (χ3v) is 3.17. The molecule has 18 heavy (non-hydrogen) atoms. The van der Waals surface area contributed by atoms with Gasteiger partial charge < -0.3 is 10.6 Å². The van der Waals surface area contributed by atoms with Crippen molar-refractivity contribution < 1.29 is 9.59 Å². The highest BCUT2D eigenvalue weighted by Crippen LogP contribution is 2.26. The first-order chi connectivity index (χ1) is 8.52. The number of hydrogen-bond acceptors (Lipinski definition) is 3. The van der Waals surface area contributed by atoms with Crippen LogP contribution in [-0.2, 0) is 9.59 Å². The van der Waals surface area contributed by atoms with Crippen LogP contribution in [0.15, 0.2) is 18.2 Å². The van der Waals surface area contributed by atoms with Crippen LogP contribution in [0.2, 0.25) is 0 Å². The number of rotatable bonds is 2. The minimum absolute atomic E-state index is 0.108. The van der Waals surface area contributed by atoms with Crippen molar-refractivity contribution in [3.8, 4) is 6.07 Å². The van der Waals surface area contributed by atoms with Gasteiger partial charge in [0, 0.05) is 18.7 Å². The molecule has 1 aromatic rings. The molecule has 2 rings (SSSR count). The van der Waals surface area contributed by atoms with Gasteiger partial charge in [0.2, 0.25) is 11.8 Å². The first-order valence-corrected chi connectivity index (χ1v) is 5.63. The molecule has 0 aliphatic carbocycles. The number of nitrogens with zero attached hydrogens (tertiary/aromatic N) is 2. The number of primary amides is 1. The normalized spacial score (nSPS) is 18.8. The summed E-state index contributed by atoms with van der Waals surface area (Å²) in [6, 6.07) is 7.24. The summed E-state index contributed by atoms with van der Waals surface area (Å²) in [5.41, 5.74) is 7.31. The van der Waals surface area contributed by atoms with Gasteiger partial charge in [-0.2, -0.15) is 5.26 Å². The molecule has 5 nitrogen and oxygen atoms in total. The van der Waals surface area contributed by atoms with Crippen LogP contribution in [0.25, 0.3) is 0 Å². The maximum Gasteiger partial charge on any atom is 0.227 e. The van der Waals surface area contributed by atoms with Crippen LogP contribution in [0.1, 0.15) is 17.5 Å². The fraction of sp³-hybridized carbons (Fsp3) is 0.308. The lowest BCUT2D eigenvalue weighted by Gasteiger charge is -2.17. The molecule has 1 unspecified atom stereocenters. The average molecular weight is 243 g/mol. The number of aryl methyl sites for hydroxylation is 1. The summed E-state index contributed by atoms with van der Waals surface area (Å²) in [5.74, 6) is -0.979. The molecule has 0 bridgehead atoms. The molecule has 1 saturated heterocycles. The van der Waals surface area contributed by atoms with Crippen molar-refractivity contribution in [1.29, 1.82) is 5.26 Å². The molecule has 1 aliphatic rings. The molecule has 1 fully saturated rings. The Bertz CT molecular complexity index is 560. The third kappa shape index (κ3) is 2.05. The Kier molecular flexibility index (Phi) is 3.02. The molecule has 1 aliphatic heterocycles. The lowest BCUT2D eigenvalue weighted by molar-refractivity contribution is -0.123. The van der Waals surface area contributed by atoms with E-state index in [2.05, 4.69) is 6.07 Å². The maximum atomic E-state index is 11.8. The molecule has 92 valence electrons. The predicted molar refractivity (Wildman–Crippen MR) is 65.5 cm³/mol. The number of carbonyl (C=O) groups is 2. The van der Waals surface area contributed by atoms with Crippen molar-refractivity contribution in [3.05, 3.63) is 29.3 Å². The summed E-state index contributed by atoms with van der Waals surface area (Å²) in [4.78, 5) is 24.4. The number of carbonyl (C=O) groups excluding carboxylic acids is 2. The van der Waals surface area contributed by atoms with E-state index in [4.69, 9.17) is 11.0 Å². The van der Waals surface area contributed by atoms with E-state index in [0.717, 1.165) is 5.56 Å². The highest BCUT2D eigenvalue weighted by Gasteiger charge is 2.33. The van der Waals surface area contributed by atoms with Gasteiger partial charge in [0.1, 0.15) is 0 Å². The molecule has 2 amide bonds. The molecule has 5 heteroatoms. The highest BCUT2D eigenvalue weighted by molar-refractivity contribution is 6.00. The van der Waals surface area contributed by atoms with E-state index in [9.17, 15) is 9.59 Å². The van der Waals surface area contributed by atoms with Gasteiger partial charge in [-0.05, 0) is 30.7 Å². The van der Waals surface area contributed by atoms with E-state index in [1.54, 1.807) is 23.1 Å². The van der Waals surface area contributed by atoms with Crippen LogP contribution in [0.3, 0.4) is 0 Å². The summed E-state index contributed by atoms with van der Waals surface area (Å²) in [5, 5.41) is 8.85. The summed E-state index contributed by atoms with van der Waals surface area (Å²) >= 11 is 0. The zero-order valence-electron chi connectivity index (χ0n) is 10.0. The van der Waals surface area contributed by atoms with Crippen molar-refractivity contribution >= 4 is 17.5 Å². The topological polar surface area (TPSA) is 87.2 Å². The van der Waals surface area contributed by atoms with E-state index in [1.807, 2.05) is 6.92 Å². The van der Waals surface area contributed by atoms with E-state index in [-0.39, 0.29) is 12.3 Å². The Hall–Kier alpha value is -2.35. The van der Waals surface area contributed by atoms with Crippen molar-refractivity contribution in [1.82, 2.24) is 0 Å². The number of nitriles is 1. The van der Waals surface area contributed by atoms with Gasteiger partial charge in [0.25, 0.3) is 0 Å². The van der Waals surface area contributed by atoms with Gasteiger partial charge in [-0.1, -0.05) is 0 Å². The molecule has 0 spiro atoms. The second-order valence-corrected chi connectivity index (χ2v) is 4.42. The van der Waals surface area contributed by atoms with E-state index >= 15 is 0 Å². The predicted octanol–water partition coefficient (Wildman–Crippen LogP) is 0.705. The van der Waals surface area contributed by atoms with Crippen LogP contribution in [0.5, 0.6) is 0 Å². The minimum Gasteiger partial charge on any atom is -0.369 e. The minimum atomic E-state index is -0.448. The van der Waals surface area contributed by atoms with E-state index < -0.39 is 11.8 Å².